The van der Waals surface area contributed by atoms with Crippen LogP contribution in [-0.2, 0) is 6.54 Å². The number of likely N-dealkylation sites (tertiary alicyclic amines) is 2. The first-order chi connectivity index (χ1) is 20.8. The average Bonchev–Trinajstić information content (AvgIpc) is 3.06. The number of aromatic nitrogens is 1. The van der Waals surface area contributed by atoms with Crippen LogP contribution in [0.4, 0.5) is 4.39 Å². The van der Waals surface area contributed by atoms with Gasteiger partial charge in [-0.15, -0.1) is 0 Å². The molecule has 0 saturated carbocycles. The van der Waals surface area contributed by atoms with E-state index in [1.807, 2.05) is 24.3 Å². The predicted octanol–water partition coefficient (Wildman–Crippen LogP) is 5.27. The van der Waals surface area contributed by atoms with Crippen molar-refractivity contribution in [2.75, 3.05) is 40.4 Å². The lowest BCUT2D eigenvalue weighted by molar-refractivity contribution is 0.0644. The number of carbonyl (C=O) groups excluding carboxylic acids is 3. The number of benzene rings is 2. The first kappa shape index (κ1) is 30.4. The number of hydrogen-bond donors (Lipinski definition) is 0. The molecule has 2 aliphatic rings. The largest absolute Gasteiger partial charge is 0.497 e. The van der Waals surface area contributed by atoms with Crippen LogP contribution in [0.1, 0.15) is 62.5 Å². The first-order valence-corrected chi connectivity index (χ1v) is 14.8. The number of ether oxygens (including phenoxy) is 2. The summed E-state index contributed by atoms with van der Waals surface area (Å²) in [4.78, 5) is 47.0. The molecule has 1 unspecified atom stereocenters. The zero-order valence-electron chi connectivity index (χ0n) is 24.7. The van der Waals surface area contributed by atoms with E-state index in [1.165, 1.54) is 6.20 Å². The van der Waals surface area contributed by atoms with Gasteiger partial charge in [0.25, 0.3) is 5.91 Å². The molecule has 1 amide bonds. The SMILES string of the molecule is COc1ccc(CN2CCC(CC(=O)c3ccc(C(=O)N4CCC(C(=O)c5ccc(OC)cc5)CC4)nc3)[C@@H](F)C2)cc1. The van der Waals surface area contributed by atoms with Gasteiger partial charge in [0.15, 0.2) is 11.6 Å². The average molecular weight is 588 g/mol. The topological polar surface area (TPSA) is 89.0 Å². The van der Waals surface area contributed by atoms with Crippen LogP contribution < -0.4 is 9.47 Å². The summed E-state index contributed by atoms with van der Waals surface area (Å²) < 4.78 is 25.4. The molecule has 2 aromatic carbocycles. The van der Waals surface area contributed by atoms with E-state index < -0.39 is 6.17 Å². The third kappa shape index (κ3) is 7.46. The quantitative estimate of drug-likeness (QED) is 0.299. The third-order valence-electron chi connectivity index (χ3n) is 8.61. The van der Waals surface area contributed by atoms with Crippen molar-refractivity contribution in [2.24, 2.45) is 11.8 Å². The van der Waals surface area contributed by atoms with Gasteiger partial charge in [0, 0.05) is 55.8 Å². The number of ketones is 2. The van der Waals surface area contributed by atoms with Crippen molar-refractivity contribution in [2.45, 2.75) is 38.4 Å². The monoisotopic (exact) mass is 587 g/mol. The van der Waals surface area contributed by atoms with Crippen molar-refractivity contribution < 1.29 is 28.2 Å². The summed E-state index contributed by atoms with van der Waals surface area (Å²) in [6.45, 7) is 2.59. The van der Waals surface area contributed by atoms with Crippen molar-refractivity contribution >= 4 is 17.5 Å². The number of nitrogens with zero attached hydrogens (tertiary/aromatic N) is 3. The molecule has 8 nitrogen and oxygen atoms in total. The summed E-state index contributed by atoms with van der Waals surface area (Å²) in [5.41, 5.74) is 2.38. The van der Waals surface area contributed by atoms with Crippen LogP contribution >= 0.6 is 0 Å². The Balaban J connectivity index is 1.08. The zero-order chi connectivity index (χ0) is 30.3. The van der Waals surface area contributed by atoms with Crippen LogP contribution in [-0.4, -0.2) is 78.8 Å². The van der Waals surface area contributed by atoms with E-state index in [2.05, 4.69) is 9.88 Å². The van der Waals surface area contributed by atoms with Gasteiger partial charge in [0.05, 0.1) is 14.2 Å². The first-order valence-electron chi connectivity index (χ1n) is 14.8. The summed E-state index contributed by atoms with van der Waals surface area (Å²) in [5, 5.41) is 0. The molecule has 0 bridgehead atoms. The standard InChI is InChI=1S/C34H38FN3O5/c1-42-28-8-3-23(4-9-28)21-37-16-13-26(30(35)22-37)19-32(39)27-7-12-31(36-20-27)34(41)38-17-14-25(15-18-38)33(40)24-5-10-29(43-2)11-6-24/h3-12,20,25-26,30H,13-19,21-22H2,1-2H3/t26?,30-/m0/s1. The number of carbonyl (C=O) groups is 3. The Bertz CT molecular complexity index is 1400. The van der Waals surface area contributed by atoms with Gasteiger partial charge in [-0.25, -0.2) is 4.39 Å². The van der Waals surface area contributed by atoms with Crippen LogP contribution in [0.2, 0.25) is 0 Å². The summed E-state index contributed by atoms with van der Waals surface area (Å²) in [6, 6.07) is 18.0. The number of methoxy groups -OCH3 is 2. The molecule has 5 rings (SSSR count). The maximum Gasteiger partial charge on any atom is 0.272 e. The molecular weight excluding hydrogens is 549 g/mol. The number of rotatable bonds is 10. The second kappa shape index (κ2) is 13.9. The molecule has 2 atom stereocenters. The number of piperidine rings is 2. The normalized spacial score (nSPS) is 19.6. The number of halogens is 1. The second-order valence-electron chi connectivity index (χ2n) is 11.4. The molecule has 9 heteroatoms. The van der Waals surface area contributed by atoms with Crippen molar-refractivity contribution in [1.29, 1.82) is 0 Å². The fourth-order valence-corrected chi connectivity index (χ4v) is 5.92. The summed E-state index contributed by atoms with van der Waals surface area (Å²) in [7, 11) is 3.21. The van der Waals surface area contributed by atoms with Crippen LogP contribution in [0.25, 0.3) is 0 Å². The highest BCUT2D eigenvalue weighted by molar-refractivity contribution is 5.99. The number of alkyl halides is 1. The van der Waals surface area contributed by atoms with Crippen molar-refractivity contribution in [3.05, 3.63) is 89.2 Å². The molecule has 0 spiro atoms. The minimum absolute atomic E-state index is 0.0779. The Morgan fingerprint density at radius 3 is 2.05 bits per heavy atom. The molecule has 2 fully saturated rings. The van der Waals surface area contributed by atoms with Gasteiger partial charge >= 0.3 is 0 Å². The molecule has 2 aliphatic heterocycles. The van der Waals surface area contributed by atoms with E-state index in [9.17, 15) is 14.4 Å². The Morgan fingerprint density at radius 1 is 0.837 bits per heavy atom. The molecule has 43 heavy (non-hydrogen) atoms. The maximum absolute atomic E-state index is 15.1. The van der Waals surface area contributed by atoms with Crippen LogP contribution in [0.15, 0.2) is 66.9 Å². The number of pyridine rings is 1. The van der Waals surface area contributed by atoms with Crippen LogP contribution in [0.3, 0.4) is 0 Å². The lowest BCUT2D eigenvalue weighted by Gasteiger charge is -2.34. The molecule has 3 aromatic rings. The minimum atomic E-state index is -1.09. The fourth-order valence-electron chi connectivity index (χ4n) is 5.92. The molecule has 0 radical (unpaired) electrons. The molecule has 2 saturated heterocycles. The number of hydrogen-bond acceptors (Lipinski definition) is 7. The highest BCUT2D eigenvalue weighted by Crippen LogP contribution is 2.27. The maximum atomic E-state index is 15.1. The predicted molar refractivity (Wildman–Crippen MR) is 160 cm³/mol. The van der Waals surface area contributed by atoms with Crippen LogP contribution in [0.5, 0.6) is 11.5 Å². The zero-order valence-corrected chi connectivity index (χ0v) is 24.7. The van der Waals surface area contributed by atoms with E-state index >= 15 is 4.39 Å². The summed E-state index contributed by atoms with van der Waals surface area (Å²) >= 11 is 0. The van der Waals surface area contributed by atoms with E-state index in [4.69, 9.17) is 9.47 Å². The lowest BCUT2D eigenvalue weighted by Crippen LogP contribution is -2.42. The number of amides is 1. The smallest absolute Gasteiger partial charge is 0.272 e. The fraction of sp³-hybridized carbons (Fsp3) is 0.412. The van der Waals surface area contributed by atoms with E-state index in [1.54, 1.807) is 55.5 Å². The summed E-state index contributed by atoms with van der Waals surface area (Å²) in [6.07, 6.45) is 2.20. The molecule has 0 aliphatic carbocycles. The Hall–Kier alpha value is -4.11. The number of Topliss-reactive ketones (excluding diaryl/α,β-unsaturated/α-hetero) is 2. The molecule has 1 aromatic heterocycles. The Morgan fingerprint density at radius 2 is 1.47 bits per heavy atom. The van der Waals surface area contributed by atoms with Gasteiger partial charge in [-0.05, 0) is 85.8 Å². The Kier molecular flexibility index (Phi) is 9.82. The van der Waals surface area contributed by atoms with Crippen molar-refractivity contribution in [1.82, 2.24) is 14.8 Å². The Labute approximate surface area is 251 Å². The van der Waals surface area contributed by atoms with Gasteiger partial charge in [0.1, 0.15) is 23.4 Å². The van der Waals surface area contributed by atoms with Crippen molar-refractivity contribution in [3.63, 3.8) is 0 Å². The highest BCUT2D eigenvalue weighted by atomic mass is 19.1. The summed E-state index contributed by atoms with van der Waals surface area (Å²) in [5.74, 6) is 0.695. The van der Waals surface area contributed by atoms with Gasteiger partial charge in [0.2, 0.25) is 0 Å². The van der Waals surface area contributed by atoms with Gasteiger partial charge in [-0.2, -0.15) is 0 Å². The minimum Gasteiger partial charge on any atom is -0.497 e. The van der Waals surface area contributed by atoms with Crippen LogP contribution in [0, 0.1) is 11.8 Å². The third-order valence-corrected chi connectivity index (χ3v) is 8.61. The molecule has 0 N–H and O–H groups in total. The van der Waals surface area contributed by atoms with E-state index in [-0.39, 0.29) is 48.0 Å². The molecular formula is C34H38FN3O5. The van der Waals surface area contributed by atoms with E-state index in [0.29, 0.717) is 55.8 Å². The van der Waals surface area contributed by atoms with Gasteiger partial charge in [-0.1, -0.05) is 12.1 Å². The molecule has 3 heterocycles. The highest BCUT2D eigenvalue weighted by Gasteiger charge is 2.32. The molecule has 226 valence electrons. The van der Waals surface area contributed by atoms with E-state index in [0.717, 1.165) is 17.9 Å². The second-order valence-corrected chi connectivity index (χ2v) is 11.4. The van der Waals surface area contributed by atoms with Gasteiger partial charge < -0.3 is 14.4 Å². The van der Waals surface area contributed by atoms with Gasteiger partial charge in [-0.3, -0.25) is 24.3 Å². The lowest BCUT2D eigenvalue weighted by atomic mass is 9.88. The van der Waals surface area contributed by atoms with Crippen molar-refractivity contribution in [3.8, 4) is 11.5 Å².